The summed E-state index contributed by atoms with van der Waals surface area (Å²) in [6.07, 6.45) is 3.05. The van der Waals surface area contributed by atoms with Crippen LogP contribution in [0.2, 0.25) is 0 Å². The van der Waals surface area contributed by atoms with E-state index in [0.717, 1.165) is 12.2 Å². The third-order valence-electron chi connectivity index (χ3n) is 2.17. The average Bonchev–Trinajstić information content (AvgIpc) is 2.61. The Balaban J connectivity index is 2.80. The quantitative estimate of drug-likeness (QED) is 0.755. The SMILES string of the molecule is CCc1nn2c(CC)ncc2c(=O)[nH]1. The van der Waals surface area contributed by atoms with Crippen LogP contribution in [0.3, 0.4) is 0 Å². The predicted octanol–water partition coefficient (Wildman–Crippen LogP) is 0.542. The highest BCUT2D eigenvalue weighted by Crippen LogP contribution is 2.00. The molecule has 0 aliphatic carbocycles. The minimum atomic E-state index is -0.121. The van der Waals surface area contributed by atoms with Crippen LogP contribution in [0, 0.1) is 0 Å². The Morgan fingerprint density at radius 2 is 2.21 bits per heavy atom. The zero-order chi connectivity index (χ0) is 10.1. The summed E-state index contributed by atoms with van der Waals surface area (Å²) in [5.74, 6) is 1.51. The van der Waals surface area contributed by atoms with Crippen molar-refractivity contribution in [3.63, 3.8) is 0 Å². The number of hydrogen-bond acceptors (Lipinski definition) is 3. The molecule has 0 saturated carbocycles. The first-order chi connectivity index (χ1) is 6.76. The largest absolute Gasteiger partial charge is 0.307 e. The molecule has 0 unspecified atom stereocenters. The molecule has 2 heterocycles. The van der Waals surface area contributed by atoms with Gasteiger partial charge in [-0.25, -0.2) is 9.50 Å². The number of aromatic amines is 1. The van der Waals surface area contributed by atoms with Crippen molar-refractivity contribution in [2.75, 3.05) is 0 Å². The van der Waals surface area contributed by atoms with E-state index in [2.05, 4.69) is 15.1 Å². The molecule has 5 heteroatoms. The molecule has 0 saturated heterocycles. The summed E-state index contributed by atoms with van der Waals surface area (Å²) in [6, 6.07) is 0. The van der Waals surface area contributed by atoms with Gasteiger partial charge in [0.25, 0.3) is 5.56 Å². The molecular formula is C9H12N4O. The maximum atomic E-state index is 11.5. The highest BCUT2D eigenvalue weighted by Gasteiger charge is 2.06. The smallest absolute Gasteiger partial charge is 0.276 e. The first-order valence-corrected chi connectivity index (χ1v) is 4.72. The highest BCUT2D eigenvalue weighted by molar-refractivity contribution is 5.41. The summed E-state index contributed by atoms with van der Waals surface area (Å²) in [5.41, 5.74) is 0.392. The second kappa shape index (κ2) is 3.25. The van der Waals surface area contributed by atoms with Crippen molar-refractivity contribution in [2.24, 2.45) is 0 Å². The minimum absolute atomic E-state index is 0.121. The Morgan fingerprint density at radius 3 is 2.86 bits per heavy atom. The fourth-order valence-corrected chi connectivity index (χ4v) is 1.39. The monoisotopic (exact) mass is 192 g/mol. The van der Waals surface area contributed by atoms with Crippen LogP contribution in [0.4, 0.5) is 0 Å². The van der Waals surface area contributed by atoms with Crippen molar-refractivity contribution in [1.29, 1.82) is 0 Å². The fraction of sp³-hybridized carbons (Fsp3) is 0.444. The number of nitrogens with one attached hydrogen (secondary N) is 1. The number of fused-ring (bicyclic) bond motifs is 1. The standard InChI is InChI=1S/C9H12N4O/c1-3-7-11-9(14)6-5-10-8(4-2)13(6)12-7/h5H,3-4H2,1-2H3,(H,11,12,14). The van der Waals surface area contributed by atoms with E-state index >= 15 is 0 Å². The Hall–Kier alpha value is -1.65. The normalized spacial score (nSPS) is 11.0. The number of aryl methyl sites for hydroxylation is 2. The van der Waals surface area contributed by atoms with Gasteiger partial charge < -0.3 is 4.98 Å². The molecule has 0 fully saturated rings. The van der Waals surface area contributed by atoms with Crippen LogP contribution in [0.1, 0.15) is 25.5 Å². The van der Waals surface area contributed by atoms with E-state index in [-0.39, 0.29) is 5.56 Å². The molecule has 14 heavy (non-hydrogen) atoms. The molecule has 2 aromatic heterocycles. The molecule has 1 N–H and O–H groups in total. The number of imidazole rings is 1. The molecule has 5 nitrogen and oxygen atoms in total. The van der Waals surface area contributed by atoms with Crippen LogP contribution in [0.5, 0.6) is 0 Å². The van der Waals surface area contributed by atoms with Gasteiger partial charge in [0.2, 0.25) is 0 Å². The first kappa shape index (κ1) is 8.93. The summed E-state index contributed by atoms with van der Waals surface area (Å²) >= 11 is 0. The zero-order valence-corrected chi connectivity index (χ0v) is 8.24. The van der Waals surface area contributed by atoms with Gasteiger partial charge in [0.15, 0.2) is 5.52 Å². The second-order valence-electron chi connectivity index (χ2n) is 3.08. The summed E-state index contributed by atoms with van der Waals surface area (Å²) in [5, 5.41) is 4.28. The Morgan fingerprint density at radius 1 is 1.43 bits per heavy atom. The van der Waals surface area contributed by atoms with Crippen LogP contribution < -0.4 is 5.56 Å². The molecule has 0 spiro atoms. The molecule has 0 amide bonds. The fourth-order valence-electron chi connectivity index (χ4n) is 1.39. The van der Waals surface area contributed by atoms with Crippen molar-refractivity contribution in [3.05, 3.63) is 28.2 Å². The lowest BCUT2D eigenvalue weighted by atomic mass is 10.4. The molecular weight excluding hydrogens is 180 g/mol. The number of H-pyrrole nitrogens is 1. The van der Waals surface area contributed by atoms with Gasteiger partial charge in [-0.05, 0) is 0 Å². The number of hydrogen-bond donors (Lipinski definition) is 1. The van der Waals surface area contributed by atoms with Crippen molar-refractivity contribution < 1.29 is 0 Å². The van der Waals surface area contributed by atoms with E-state index < -0.39 is 0 Å². The van der Waals surface area contributed by atoms with E-state index in [0.29, 0.717) is 17.8 Å². The molecule has 0 aliphatic heterocycles. The number of nitrogens with zero attached hydrogens (tertiary/aromatic N) is 3. The summed E-state index contributed by atoms with van der Waals surface area (Å²) < 4.78 is 1.62. The third-order valence-corrected chi connectivity index (χ3v) is 2.17. The Bertz CT molecular complexity index is 511. The van der Waals surface area contributed by atoms with Gasteiger partial charge in [-0.15, -0.1) is 0 Å². The maximum absolute atomic E-state index is 11.5. The van der Waals surface area contributed by atoms with Gasteiger partial charge in [0.05, 0.1) is 6.20 Å². The maximum Gasteiger partial charge on any atom is 0.276 e. The summed E-state index contributed by atoms with van der Waals surface area (Å²) in [6.45, 7) is 3.94. The van der Waals surface area contributed by atoms with Gasteiger partial charge in [0, 0.05) is 12.8 Å². The van der Waals surface area contributed by atoms with Crippen LogP contribution in [-0.2, 0) is 12.8 Å². The van der Waals surface area contributed by atoms with E-state index in [1.165, 1.54) is 0 Å². The van der Waals surface area contributed by atoms with Crippen molar-refractivity contribution >= 4 is 5.52 Å². The lowest BCUT2D eigenvalue weighted by Crippen LogP contribution is -2.16. The van der Waals surface area contributed by atoms with Gasteiger partial charge >= 0.3 is 0 Å². The predicted molar refractivity (Wildman–Crippen MR) is 52.4 cm³/mol. The van der Waals surface area contributed by atoms with Gasteiger partial charge in [-0.2, -0.15) is 5.10 Å². The second-order valence-corrected chi connectivity index (χ2v) is 3.08. The molecule has 0 aromatic carbocycles. The molecule has 2 aromatic rings. The van der Waals surface area contributed by atoms with E-state index in [4.69, 9.17) is 0 Å². The topological polar surface area (TPSA) is 63.1 Å². The lowest BCUT2D eigenvalue weighted by Gasteiger charge is -1.99. The van der Waals surface area contributed by atoms with Crippen molar-refractivity contribution in [2.45, 2.75) is 26.7 Å². The summed E-state index contributed by atoms with van der Waals surface area (Å²) in [7, 11) is 0. The lowest BCUT2D eigenvalue weighted by molar-refractivity contribution is 0.754. The molecule has 0 radical (unpaired) electrons. The first-order valence-electron chi connectivity index (χ1n) is 4.72. The van der Waals surface area contributed by atoms with Crippen LogP contribution >= 0.6 is 0 Å². The van der Waals surface area contributed by atoms with Gasteiger partial charge in [0.1, 0.15) is 11.6 Å². The van der Waals surface area contributed by atoms with E-state index in [9.17, 15) is 4.79 Å². The summed E-state index contributed by atoms with van der Waals surface area (Å²) in [4.78, 5) is 18.4. The molecule has 2 rings (SSSR count). The molecule has 0 aliphatic rings. The van der Waals surface area contributed by atoms with Crippen molar-refractivity contribution in [3.8, 4) is 0 Å². The number of rotatable bonds is 2. The Labute approximate surface area is 80.8 Å². The van der Waals surface area contributed by atoms with Crippen LogP contribution in [-0.4, -0.2) is 19.6 Å². The van der Waals surface area contributed by atoms with Crippen LogP contribution in [0.25, 0.3) is 5.52 Å². The van der Waals surface area contributed by atoms with E-state index in [1.807, 2.05) is 13.8 Å². The highest BCUT2D eigenvalue weighted by atomic mass is 16.1. The minimum Gasteiger partial charge on any atom is -0.307 e. The van der Waals surface area contributed by atoms with Crippen LogP contribution in [0.15, 0.2) is 11.0 Å². The third kappa shape index (κ3) is 1.21. The zero-order valence-electron chi connectivity index (χ0n) is 8.24. The van der Waals surface area contributed by atoms with Crippen molar-refractivity contribution in [1.82, 2.24) is 19.6 Å². The van der Waals surface area contributed by atoms with Gasteiger partial charge in [-0.1, -0.05) is 13.8 Å². The Kier molecular flexibility index (Phi) is 2.07. The van der Waals surface area contributed by atoms with Gasteiger partial charge in [-0.3, -0.25) is 4.79 Å². The molecule has 0 bridgehead atoms. The molecule has 0 atom stereocenters. The molecule has 74 valence electrons. The van der Waals surface area contributed by atoms with E-state index in [1.54, 1.807) is 10.7 Å². The number of aromatic nitrogens is 4. The average molecular weight is 192 g/mol.